The lowest BCUT2D eigenvalue weighted by atomic mass is 10.1. The summed E-state index contributed by atoms with van der Waals surface area (Å²) in [6, 6.07) is 5.52. The molecule has 0 saturated heterocycles. The van der Waals surface area contributed by atoms with Crippen LogP contribution in [-0.2, 0) is 0 Å². The molecule has 0 unspecified atom stereocenters. The van der Waals surface area contributed by atoms with Crippen LogP contribution >= 0.6 is 31.9 Å². The molecule has 1 aliphatic heterocycles. The topological polar surface area (TPSA) is 88.6 Å². The van der Waals surface area contributed by atoms with Gasteiger partial charge in [0.1, 0.15) is 17.8 Å². The Morgan fingerprint density at radius 1 is 1.30 bits per heavy atom. The molecule has 3 rings (SSSR count). The molecule has 0 atom stereocenters. The highest BCUT2D eigenvalue weighted by atomic mass is 79.9. The second-order valence-corrected chi connectivity index (χ2v) is 6.28. The Bertz CT molecular complexity index is 788. The van der Waals surface area contributed by atoms with E-state index in [1.54, 1.807) is 6.92 Å². The van der Waals surface area contributed by atoms with E-state index in [-0.39, 0.29) is 5.69 Å². The Hall–Kier alpha value is -1.87. The second-order valence-electron chi connectivity index (χ2n) is 4.70. The lowest BCUT2D eigenvalue weighted by Gasteiger charge is -2.18. The van der Waals surface area contributed by atoms with E-state index in [1.807, 2.05) is 18.2 Å². The van der Waals surface area contributed by atoms with Crippen LogP contribution in [0.1, 0.15) is 23.0 Å². The summed E-state index contributed by atoms with van der Waals surface area (Å²) in [5.41, 5.74) is 4.16. The third kappa shape index (κ3) is 3.40. The number of amides is 1. The summed E-state index contributed by atoms with van der Waals surface area (Å²) >= 11 is 6.49. The number of hydrogen-bond donors (Lipinski definition) is 2. The smallest absolute Gasteiger partial charge is 0.293 e. The Kier molecular flexibility index (Phi) is 4.67. The first kappa shape index (κ1) is 16.0. The van der Waals surface area contributed by atoms with E-state index in [9.17, 15) is 4.79 Å². The molecule has 0 fully saturated rings. The van der Waals surface area contributed by atoms with Gasteiger partial charge in [0.05, 0.1) is 10.2 Å². The number of hydrogen-bond acceptors (Lipinski definition) is 5. The fourth-order valence-corrected chi connectivity index (χ4v) is 2.61. The van der Waals surface area contributed by atoms with Crippen molar-refractivity contribution < 1.29 is 14.3 Å². The lowest BCUT2D eigenvalue weighted by molar-refractivity contribution is 0.0949. The van der Waals surface area contributed by atoms with Crippen molar-refractivity contribution in [2.75, 3.05) is 13.2 Å². The first-order valence-corrected chi connectivity index (χ1v) is 8.29. The van der Waals surface area contributed by atoms with E-state index in [1.165, 1.54) is 0 Å². The summed E-state index contributed by atoms with van der Waals surface area (Å²) in [5, 5.41) is 10.6. The molecular formula is C14H12Br2N4O3. The van der Waals surface area contributed by atoms with Gasteiger partial charge in [0, 0.05) is 5.56 Å². The van der Waals surface area contributed by atoms with Gasteiger partial charge in [-0.25, -0.2) is 5.43 Å². The maximum absolute atomic E-state index is 12.1. The predicted molar refractivity (Wildman–Crippen MR) is 91.1 cm³/mol. The number of benzene rings is 1. The van der Waals surface area contributed by atoms with Crippen molar-refractivity contribution >= 4 is 43.5 Å². The van der Waals surface area contributed by atoms with Crippen LogP contribution in [0.4, 0.5) is 0 Å². The van der Waals surface area contributed by atoms with E-state index >= 15 is 0 Å². The van der Waals surface area contributed by atoms with E-state index in [0.717, 1.165) is 5.56 Å². The first-order valence-electron chi connectivity index (χ1n) is 6.70. The number of nitrogens with one attached hydrogen (secondary N) is 2. The van der Waals surface area contributed by atoms with Crippen molar-refractivity contribution in [3.63, 3.8) is 0 Å². The minimum Gasteiger partial charge on any atom is -0.486 e. The predicted octanol–water partition coefficient (Wildman–Crippen LogP) is 2.86. The van der Waals surface area contributed by atoms with Gasteiger partial charge in [0.15, 0.2) is 17.2 Å². The Balaban J connectivity index is 1.75. The van der Waals surface area contributed by atoms with E-state index in [2.05, 4.69) is 52.6 Å². The number of aromatic nitrogens is 2. The zero-order valence-electron chi connectivity index (χ0n) is 12.0. The summed E-state index contributed by atoms with van der Waals surface area (Å²) < 4.78 is 12.1. The average molecular weight is 444 g/mol. The largest absolute Gasteiger partial charge is 0.486 e. The van der Waals surface area contributed by atoms with Crippen LogP contribution in [0.15, 0.2) is 32.4 Å². The molecule has 9 heteroatoms. The number of carbonyl (C=O) groups excluding carboxylic acids is 1. The third-order valence-electron chi connectivity index (χ3n) is 3.17. The maximum Gasteiger partial charge on any atom is 0.293 e. The van der Waals surface area contributed by atoms with Gasteiger partial charge in [0.25, 0.3) is 5.91 Å². The zero-order chi connectivity index (χ0) is 16.4. The Morgan fingerprint density at radius 2 is 2.04 bits per heavy atom. The van der Waals surface area contributed by atoms with Crippen molar-refractivity contribution in [3.05, 3.63) is 38.5 Å². The van der Waals surface area contributed by atoms with Gasteiger partial charge in [-0.3, -0.25) is 9.89 Å². The van der Waals surface area contributed by atoms with Crippen LogP contribution in [0.3, 0.4) is 0 Å². The fraction of sp³-hybridized carbons (Fsp3) is 0.214. The molecule has 1 aromatic heterocycles. The standard InChI is InChI=1S/C14H12Br2N4O3/c1-7(8-2-3-9-10(6-8)23-5-4-22-9)17-20-14(21)12-11(15)13(16)19-18-12/h2-3,6H,4-5H2,1H3,(H,18,19)(H,20,21)/b17-7+. The number of carbonyl (C=O) groups is 1. The number of halogens is 2. The summed E-state index contributed by atoms with van der Waals surface area (Å²) in [6.45, 7) is 2.86. The maximum atomic E-state index is 12.1. The summed E-state index contributed by atoms with van der Waals surface area (Å²) in [4.78, 5) is 12.1. The van der Waals surface area contributed by atoms with Crippen molar-refractivity contribution in [1.29, 1.82) is 0 Å². The highest BCUT2D eigenvalue weighted by Gasteiger charge is 2.16. The SMILES string of the molecule is C/C(=N\NC(=O)c1n[nH]c(Br)c1Br)c1ccc2c(c1)OCCO2. The fourth-order valence-electron chi connectivity index (χ4n) is 1.98. The van der Waals surface area contributed by atoms with Crippen molar-refractivity contribution in [2.24, 2.45) is 5.10 Å². The minimum absolute atomic E-state index is 0.218. The van der Waals surface area contributed by atoms with Crippen LogP contribution in [-0.4, -0.2) is 35.0 Å². The molecule has 2 aromatic rings. The molecule has 0 bridgehead atoms. The van der Waals surface area contributed by atoms with Gasteiger partial charge in [-0.1, -0.05) is 0 Å². The number of rotatable bonds is 3. The molecule has 120 valence electrons. The third-order valence-corrected chi connectivity index (χ3v) is 5.04. The minimum atomic E-state index is -0.421. The normalized spacial score (nSPS) is 13.8. The molecule has 0 saturated carbocycles. The molecule has 0 radical (unpaired) electrons. The second kappa shape index (κ2) is 6.71. The molecule has 7 nitrogen and oxygen atoms in total. The van der Waals surface area contributed by atoms with Crippen LogP contribution in [0.5, 0.6) is 11.5 Å². The molecule has 0 aliphatic carbocycles. The number of hydrazone groups is 1. The Labute approximate surface area is 148 Å². The molecule has 1 amide bonds. The van der Waals surface area contributed by atoms with E-state index < -0.39 is 5.91 Å². The van der Waals surface area contributed by atoms with Crippen LogP contribution in [0.2, 0.25) is 0 Å². The van der Waals surface area contributed by atoms with Crippen molar-refractivity contribution in [1.82, 2.24) is 15.6 Å². The molecule has 2 heterocycles. The Morgan fingerprint density at radius 3 is 2.74 bits per heavy atom. The molecular weight excluding hydrogens is 432 g/mol. The van der Waals surface area contributed by atoms with Gasteiger partial charge < -0.3 is 9.47 Å². The van der Waals surface area contributed by atoms with Crippen LogP contribution in [0, 0.1) is 0 Å². The quantitative estimate of drug-likeness (QED) is 0.563. The van der Waals surface area contributed by atoms with Crippen molar-refractivity contribution in [2.45, 2.75) is 6.92 Å². The summed E-state index contributed by atoms with van der Waals surface area (Å²) in [7, 11) is 0. The summed E-state index contributed by atoms with van der Waals surface area (Å²) in [6.07, 6.45) is 0. The van der Waals surface area contributed by atoms with E-state index in [4.69, 9.17) is 9.47 Å². The molecule has 1 aromatic carbocycles. The first-order chi connectivity index (χ1) is 11.1. The number of H-pyrrole nitrogens is 1. The number of fused-ring (bicyclic) bond motifs is 1. The van der Waals surface area contributed by atoms with Gasteiger partial charge in [-0.15, -0.1) is 0 Å². The van der Waals surface area contributed by atoms with Crippen LogP contribution < -0.4 is 14.9 Å². The zero-order valence-corrected chi connectivity index (χ0v) is 15.2. The molecule has 2 N–H and O–H groups in total. The van der Waals surface area contributed by atoms with Gasteiger partial charge in [0.2, 0.25) is 0 Å². The van der Waals surface area contributed by atoms with Crippen molar-refractivity contribution in [3.8, 4) is 11.5 Å². The van der Waals surface area contributed by atoms with Crippen LogP contribution in [0.25, 0.3) is 0 Å². The average Bonchev–Trinajstić information content (AvgIpc) is 2.91. The highest BCUT2D eigenvalue weighted by molar-refractivity contribution is 9.13. The lowest BCUT2D eigenvalue weighted by Crippen LogP contribution is -2.20. The van der Waals surface area contributed by atoms with Gasteiger partial charge >= 0.3 is 0 Å². The molecule has 23 heavy (non-hydrogen) atoms. The highest BCUT2D eigenvalue weighted by Crippen LogP contribution is 2.30. The summed E-state index contributed by atoms with van der Waals surface area (Å²) in [5.74, 6) is 0.964. The molecule has 0 spiro atoms. The molecule has 1 aliphatic rings. The van der Waals surface area contributed by atoms with Gasteiger partial charge in [-0.05, 0) is 57.0 Å². The number of ether oxygens (including phenoxy) is 2. The number of aromatic amines is 1. The van der Waals surface area contributed by atoms with E-state index in [0.29, 0.717) is 39.5 Å². The number of nitrogens with zero attached hydrogens (tertiary/aromatic N) is 2. The monoisotopic (exact) mass is 442 g/mol. The van der Waals surface area contributed by atoms with Gasteiger partial charge in [-0.2, -0.15) is 10.2 Å².